The van der Waals surface area contributed by atoms with Crippen LogP contribution in [0.3, 0.4) is 0 Å². The summed E-state index contributed by atoms with van der Waals surface area (Å²) in [6.45, 7) is 4.26. The highest BCUT2D eigenvalue weighted by Gasteiger charge is 2.33. The summed E-state index contributed by atoms with van der Waals surface area (Å²) in [5.74, 6) is 1.18. The maximum Gasteiger partial charge on any atom is 0.129 e. The zero-order valence-corrected chi connectivity index (χ0v) is 5.49. The van der Waals surface area contributed by atoms with Crippen molar-refractivity contribution < 1.29 is 4.74 Å². The van der Waals surface area contributed by atoms with Gasteiger partial charge in [-0.3, -0.25) is 0 Å². The van der Waals surface area contributed by atoms with Crippen molar-refractivity contribution in [2.45, 2.75) is 25.4 Å². The molecule has 0 radical (unpaired) electrons. The van der Waals surface area contributed by atoms with E-state index in [1.165, 1.54) is 5.75 Å². The quantitative estimate of drug-likeness (QED) is 0.509. The third kappa shape index (κ3) is 1.35. The fraction of sp³-hybridized carbons (Fsp3) is 1.00. The number of hydrogen-bond donors (Lipinski definition) is 0. The highest BCUT2D eigenvalue weighted by molar-refractivity contribution is 8.00. The molecule has 0 N–H and O–H groups in total. The molecular formula is C5H10OS. The number of thioether (sulfide) groups is 1. The molecule has 2 atom stereocenters. The first-order valence-electron chi connectivity index (χ1n) is 2.61. The zero-order valence-electron chi connectivity index (χ0n) is 4.68. The van der Waals surface area contributed by atoms with Crippen LogP contribution in [0.2, 0.25) is 0 Å². The van der Waals surface area contributed by atoms with Gasteiger partial charge in [0.05, 0.1) is 6.10 Å². The van der Waals surface area contributed by atoms with E-state index in [4.69, 9.17) is 4.74 Å². The molecule has 0 aromatic heterocycles. The Kier molecular flexibility index (Phi) is 1.60. The number of epoxide rings is 1. The van der Waals surface area contributed by atoms with Gasteiger partial charge in [-0.1, -0.05) is 6.92 Å². The molecule has 2 unspecified atom stereocenters. The summed E-state index contributed by atoms with van der Waals surface area (Å²) >= 11 is 1.88. The molecule has 42 valence electrons. The molecular weight excluding hydrogens is 108 g/mol. The largest absolute Gasteiger partial charge is 0.358 e. The Labute approximate surface area is 48.4 Å². The minimum atomic E-state index is 0.532. The van der Waals surface area contributed by atoms with E-state index in [1.54, 1.807) is 0 Å². The van der Waals surface area contributed by atoms with Crippen LogP contribution < -0.4 is 0 Å². The van der Waals surface area contributed by atoms with E-state index in [0.717, 1.165) is 0 Å². The first-order valence-corrected chi connectivity index (χ1v) is 3.66. The van der Waals surface area contributed by atoms with E-state index in [1.807, 2.05) is 11.8 Å². The molecule has 0 saturated carbocycles. The fourth-order valence-electron chi connectivity index (χ4n) is 0.505. The average Bonchev–Trinajstić information content (AvgIpc) is 2.22. The van der Waals surface area contributed by atoms with Crippen LogP contribution in [0.1, 0.15) is 13.8 Å². The molecule has 0 aromatic rings. The summed E-state index contributed by atoms with van der Waals surface area (Å²) in [6.07, 6.45) is 0.532. The molecule has 1 aliphatic heterocycles. The van der Waals surface area contributed by atoms with Crippen LogP contribution in [0.15, 0.2) is 0 Å². The Bertz CT molecular complexity index is 65.1. The van der Waals surface area contributed by atoms with Crippen molar-refractivity contribution in [3.8, 4) is 0 Å². The summed E-state index contributed by atoms with van der Waals surface area (Å²) in [5, 5.41) is 0. The van der Waals surface area contributed by atoms with Gasteiger partial charge in [-0.05, 0) is 12.7 Å². The van der Waals surface area contributed by atoms with E-state index in [0.29, 0.717) is 11.5 Å². The Morgan fingerprint density at radius 1 is 1.71 bits per heavy atom. The van der Waals surface area contributed by atoms with Crippen LogP contribution in [-0.4, -0.2) is 17.3 Å². The molecule has 0 spiro atoms. The molecule has 0 amide bonds. The molecule has 1 aliphatic rings. The van der Waals surface area contributed by atoms with Crippen molar-refractivity contribution in [2.75, 3.05) is 5.75 Å². The molecule has 1 fully saturated rings. The Balaban J connectivity index is 1.98. The molecule has 2 heteroatoms. The number of ether oxygens (including phenoxy) is 1. The van der Waals surface area contributed by atoms with Gasteiger partial charge in [0.1, 0.15) is 5.44 Å². The zero-order chi connectivity index (χ0) is 5.28. The van der Waals surface area contributed by atoms with Crippen molar-refractivity contribution in [2.24, 2.45) is 0 Å². The molecule has 1 rings (SSSR count). The van der Waals surface area contributed by atoms with E-state index in [-0.39, 0.29) is 0 Å². The van der Waals surface area contributed by atoms with Crippen LogP contribution in [0.4, 0.5) is 0 Å². The second-order valence-corrected chi connectivity index (χ2v) is 3.04. The second-order valence-electron chi connectivity index (χ2n) is 1.66. The third-order valence-corrected chi connectivity index (χ3v) is 2.14. The minimum Gasteiger partial charge on any atom is -0.358 e. The molecule has 7 heavy (non-hydrogen) atoms. The first kappa shape index (κ1) is 5.45. The normalized spacial score (nSPS) is 38.6. The summed E-state index contributed by atoms with van der Waals surface area (Å²) in [5.41, 5.74) is 0.532. The van der Waals surface area contributed by atoms with Crippen molar-refractivity contribution in [3.05, 3.63) is 0 Å². The van der Waals surface area contributed by atoms with Gasteiger partial charge < -0.3 is 4.74 Å². The van der Waals surface area contributed by atoms with Gasteiger partial charge in [-0.2, -0.15) is 0 Å². The Hall–Kier alpha value is 0.310. The smallest absolute Gasteiger partial charge is 0.129 e. The van der Waals surface area contributed by atoms with E-state index >= 15 is 0 Å². The van der Waals surface area contributed by atoms with Crippen molar-refractivity contribution >= 4 is 11.8 Å². The van der Waals surface area contributed by atoms with Gasteiger partial charge in [0.2, 0.25) is 0 Å². The maximum absolute atomic E-state index is 5.12. The lowest BCUT2D eigenvalue weighted by Crippen LogP contribution is -1.80. The molecule has 1 heterocycles. The third-order valence-electron chi connectivity index (χ3n) is 0.986. The van der Waals surface area contributed by atoms with E-state index in [9.17, 15) is 0 Å². The maximum atomic E-state index is 5.12. The minimum absolute atomic E-state index is 0.532. The van der Waals surface area contributed by atoms with Crippen LogP contribution >= 0.6 is 11.8 Å². The molecule has 0 bridgehead atoms. The predicted octanol–water partition coefficient (Wildman–Crippen LogP) is 1.48. The van der Waals surface area contributed by atoms with Gasteiger partial charge >= 0.3 is 0 Å². The van der Waals surface area contributed by atoms with Gasteiger partial charge in [0.25, 0.3) is 0 Å². The standard InChI is InChI=1S/C5H10OS/c1-3-7-5-4(2)6-5/h4-5H,3H2,1-2H3. The summed E-state index contributed by atoms with van der Waals surface area (Å²) in [6, 6.07) is 0. The Morgan fingerprint density at radius 2 is 2.29 bits per heavy atom. The lowest BCUT2D eigenvalue weighted by atomic mass is 10.6. The molecule has 0 aliphatic carbocycles. The lowest BCUT2D eigenvalue weighted by Gasteiger charge is -1.82. The number of hydrogen-bond acceptors (Lipinski definition) is 2. The highest BCUT2D eigenvalue weighted by atomic mass is 32.2. The van der Waals surface area contributed by atoms with Crippen LogP contribution in [0, 0.1) is 0 Å². The molecule has 1 saturated heterocycles. The van der Waals surface area contributed by atoms with Crippen LogP contribution in [0.5, 0.6) is 0 Å². The van der Waals surface area contributed by atoms with Gasteiger partial charge in [0, 0.05) is 0 Å². The molecule has 1 nitrogen and oxygen atoms in total. The van der Waals surface area contributed by atoms with Gasteiger partial charge in [-0.15, -0.1) is 11.8 Å². The van der Waals surface area contributed by atoms with E-state index < -0.39 is 0 Å². The molecule has 0 aromatic carbocycles. The monoisotopic (exact) mass is 118 g/mol. The first-order chi connectivity index (χ1) is 3.34. The lowest BCUT2D eigenvalue weighted by molar-refractivity contribution is 0.413. The summed E-state index contributed by atoms with van der Waals surface area (Å²) in [4.78, 5) is 0. The summed E-state index contributed by atoms with van der Waals surface area (Å²) < 4.78 is 5.12. The van der Waals surface area contributed by atoms with Crippen LogP contribution in [0.25, 0.3) is 0 Å². The van der Waals surface area contributed by atoms with Crippen molar-refractivity contribution in [1.29, 1.82) is 0 Å². The average molecular weight is 118 g/mol. The Morgan fingerprint density at radius 3 is 2.43 bits per heavy atom. The topological polar surface area (TPSA) is 12.5 Å². The SMILES string of the molecule is CCSC1OC1C. The van der Waals surface area contributed by atoms with Crippen molar-refractivity contribution in [3.63, 3.8) is 0 Å². The number of rotatable bonds is 2. The van der Waals surface area contributed by atoms with Crippen LogP contribution in [-0.2, 0) is 4.74 Å². The van der Waals surface area contributed by atoms with Crippen molar-refractivity contribution in [1.82, 2.24) is 0 Å². The fourth-order valence-corrected chi connectivity index (χ4v) is 1.36. The van der Waals surface area contributed by atoms with Gasteiger partial charge in [0.15, 0.2) is 0 Å². The van der Waals surface area contributed by atoms with Gasteiger partial charge in [-0.25, -0.2) is 0 Å². The van der Waals surface area contributed by atoms with E-state index in [2.05, 4.69) is 13.8 Å². The summed E-state index contributed by atoms with van der Waals surface area (Å²) in [7, 11) is 0. The highest BCUT2D eigenvalue weighted by Crippen LogP contribution is 2.31. The predicted molar refractivity (Wildman–Crippen MR) is 32.5 cm³/mol. The second kappa shape index (κ2) is 2.05.